The maximum Gasteiger partial charge on any atom is 0.239 e. The van der Waals surface area contributed by atoms with E-state index in [0.29, 0.717) is 12.2 Å². The number of carbonyl (C=O) groups is 2. The van der Waals surface area contributed by atoms with Gasteiger partial charge in [-0.1, -0.05) is 25.1 Å². The van der Waals surface area contributed by atoms with Crippen LogP contribution in [0.1, 0.15) is 31.9 Å². The number of aryl methyl sites for hydroxylation is 1. The lowest BCUT2D eigenvalue weighted by atomic mass is 9.90. The number of carbonyl (C=O) groups excluding carboxylic acids is 2. The van der Waals surface area contributed by atoms with Gasteiger partial charge in [0.15, 0.2) is 0 Å². The van der Waals surface area contributed by atoms with E-state index in [2.05, 4.69) is 22.5 Å². The average Bonchev–Trinajstić information content (AvgIpc) is 2.61. The third kappa shape index (κ3) is 4.41. The molecule has 0 saturated heterocycles. The van der Waals surface area contributed by atoms with Crippen LogP contribution >= 0.6 is 0 Å². The summed E-state index contributed by atoms with van der Waals surface area (Å²) in [4.78, 5) is 28.8. The van der Waals surface area contributed by atoms with Crippen LogP contribution in [-0.4, -0.2) is 16.8 Å². The van der Waals surface area contributed by atoms with E-state index in [1.54, 1.807) is 32.3 Å². The summed E-state index contributed by atoms with van der Waals surface area (Å²) in [6.45, 7) is 5.64. The summed E-state index contributed by atoms with van der Waals surface area (Å²) >= 11 is 0. The number of benzene rings is 1. The van der Waals surface area contributed by atoms with Gasteiger partial charge in [-0.3, -0.25) is 14.6 Å². The van der Waals surface area contributed by atoms with Gasteiger partial charge in [0.1, 0.15) is 5.41 Å². The maximum atomic E-state index is 12.5. The summed E-state index contributed by atoms with van der Waals surface area (Å²) in [6.07, 6.45) is 4.30. The second kappa shape index (κ2) is 7.73. The molecule has 2 N–H and O–H groups in total. The summed E-state index contributed by atoms with van der Waals surface area (Å²) < 4.78 is 0. The Labute approximate surface area is 142 Å². The Morgan fingerprint density at radius 3 is 2.33 bits per heavy atom. The van der Waals surface area contributed by atoms with Gasteiger partial charge in [0.25, 0.3) is 0 Å². The molecular formula is C19H23N3O2. The maximum absolute atomic E-state index is 12.5. The zero-order chi connectivity index (χ0) is 17.6. The number of pyridine rings is 1. The van der Waals surface area contributed by atoms with E-state index in [-0.39, 0.29) is 11.8 Å². The zero-order valence-electron chi connectivity index (χ0n) is 14.3. The van der Waals surface area contributed by atoms with Crippen LogP contribution in [-0.2, 0) is 22.6 Å². The van der Waals surface area contributed by atoms with Crippen molar-refractivity contribution in [3.63, 3.8) is 0 Å². The summed E-state index contributed by atoms with van der Waals surface area (Å²) in [5.41, 5.74) is 1.59. The Hall–Kier alpha value is -2.69. The smallest absolute Gasteiger partial charge is 0.239 e. The summed E-state index contributed by atoms with van der Waals surface area (Å²) in [6, 6.07) is 11.3. The lowest BCUT2D eigenvalue weighted by Gasteiger charge is -2.22. The fourth-order valence-electron chi connectivity index (χ4n) is 2.12. The largest absolute Gasteiger partial charge is 0.351 e. The molecule has 0 aliphatic rings. The Bertz CT molecular complexity index is 694. The second-order valence-electron chi connectivity index (χ2n) is 6.17. The summed E-state index contributed by atoms with van der Waals surface area (Å²) in [7, 11) is 0. The third-order valence-electron chi connectivity index (χ3n) is 3.93. The van der Waals surface area contributed by atoms with Gasteiger partial charge in [-0.05, 0) is 49.6 Å². The molecule has 0 saturated carbocycles. The molecule has 0 fully saturated rings. The molecular weight excluding hydrogens is 302 g/mol. The molecule has 5 nitrogen and oxygen atoms in total. The first-order valence-corrected chi connectivity index (χ1v) is 8.01. The first kappa shape index (κ1) is 17.7. The molecule has 0 atom stereocenters. The Morgan fingerprint density at radius 2 is 1.75 bits per heavy atom. The number of anilines is 1. The van der Waals surface area contributed by atoms with Gasteiger partial charge in [0.05, 0.1) is 0 Å². The molecule has 0 aliphatic carbocycles. The fraction of sp³-hybridized carbons (Fsp3) is 0.316. The van der Waals surface area contributed by atoms with Crippen molar-refractivity contribution >= 4 is 17.5 Å². The van der Waals surface area contributed by atoms with Gasteiger partial charge in [0, 0.05) is 24.6 Å². The first-order chi connectivity index (χ1) is 11.4. The number of hydrogen-bond acceptors (Lipinski definition) is 3. The minimum absolute atomic E-state index is 0.325. The van der Waals surface area contributed by atoms with Crippen molar-refractivity contribution in [1.29, 1.82) is 0 Å². The van der Waals surface area contributed by atoms with Crippen LogP contribution in [0.15, 0.2) is 48.8 Å². The van der Waals surface area contributed by atoms with E-state index in [1.165, 1.54) is 5.56 Å². The number of amides is 2. The van der Waals surface area contributed by atoms with Gasteiger partial charge >= 0.3 is 0 Å². The number of nitrogens with zero attached hydrogens (tertiary/aromatic N) is 1. The topological polar surface area (TPSA) is 71.1 Å². The summed E-state index contributed by atoms with van der Waals surface area (Å²) in [5, 5.41) is 5.58. The molecule has 0 aliphatic heterocycles. The average molecular weight is 325 g/mol. The van der Waals surface area contributed by atoms with Crippen LogP contribution in [0.2, 0.25) is 0 Å². The molecule has 126 valence electrons. The molecule has 24 heavy (non-hydrogen) atoms. The quantitative estimate of drug-likeness (QED) is 0.802. The van der Waals surface area contributed by atoms with Gasteiger partial charge in [-0.25, -0.2) is 0 Å². The van der Waals surface area contributed by atoms with Crippen molar-refractivity contribution in [2.45, 2.75) is 33.7 Å². The van der Waals surface area contributed by atoms with Crippen molar-refractivity contribution in [2.24, 2.45) is 5.41 Å². The molecule has 1 aromatic heterocycles. The molecule has 2 rings (SSSR count). The van der Waals surface area contributed by atoms with Crippen molar-refractivity contribution in [3.05, 3.63) is 59.9 Å². The van der Waals surface area contributed by atoms with Crippen LogP contribution in [0.5, 0.6) is 0 Å². The molecule has 2 amide bonds. The summed E-state index contributed by atoms with van der Waals surface area (Å²) in [5.74, 6) is -0.663. The lowest BCUT2D eigenvalue weighted by Crippen LogP contribution is -2.44. The van der Waals surface area contributed by atoms with E-state index in [9.17, 15) is 9.59 Å². The molecule has 0 radical (unpaired) electrons. The highest BCUT2D eigenvalue weighted by atomic mass is 16.2. The van der Waals surface area contributed by atoms with Crippen LogP contribution in [0.25, 0.3) is 0 Å². The van der Waals surface area contributed by atoms with Crippen molar-refractivity contribution in [2.75, 3.05) is 5.32 Å². The first-order valence-electron chi connectivity index (χ1n) is 8.01. The van der Waals surface area contributed by atoms with Crippen LogP contribution < -0.4 is 10.6 Å². The van der Waals surface area contributed by atoms with Gasteiger partial charge in [0.2, 0.25) is 11.8 Å². The van der Waals surface area contributed by atoms with Crippen LogP contribution in [0.3, 0.4) is 0 Å². The predicted molar refractivity (Wildman–Crippen MR) is 94.3 cm³/mol. The monoisotopic (exact) mass is 325 g/mol. The minimum atomic E-state index is -1.17. The van der Waals surface area contributed by atoms with Crippen molar-refractivity contribution in [3.8, 4) is 0 Å². The zero-order valence-corrected chi connectivity index (χ0v) is 14.3. The lowest BCUT2D eigenvalue weighted by molar-refractivity contribution is -0.138. The van der Waals surface area contributed by atoms with Gasteiger partial charge in [-0.15, -0.1) is 0 Å². The molecule has 5 heteroatoms. The van der Waals surface area contributed by atoms with Crippen molar-refractivity contribution < 1.29 is 9.59 Å². The predicted octanol–water partition coefficient (Wildman–Crippen LogP) is 2.93. The van der Waals surface area contributed by atoms with Crippen molar-refractivity contribution in [1.82, 2.24) is 10.3 Å². The highest BCUT2D eigenvalue weighted by Crippen LogP contribution is 2.20. The third-order valence-corrected chi connectivity index (χ3v) is 3.93. The Kier molecular flexibility index (Phi) is 5.68. The number of aromatic nitrogens is 1. The molecule has 1 heterocycles. The van der Waals surface area contributed by atoms with E-state index < -0.39 is 5.41 Å². The number of nitrogens with one attached hydrogen (secondary N) is 2. The normalized spacial score (nSPS) is 11.0. The van der Waals surface area contributed by atoms with E-state index >= 15 is 0 Å². The van der Waals surface area contributed by atoms with Crippen LogP contribution in [0.4, 0.5) is 5.69 Å². The Morgan fingerprint density at radius 1 is 1.04 bits per heavy atom. The molecule has 1 aromatic carbocycles. The minimum Gasteiger partial charge on any atom is -0.351 e. The van der Waals surface area contributed by atoms with Gasteiger partial charge < -0.3 is 10.6 Å². The van der Waals surface area contributed by atoms with E-state index in [1.807, 2.05) is 30.3 Å². The standard InChI is InChI=1S/C19H23N3O2/c1-4-14-7-9-16(10-8-14)22-18(24)19(2,3)17(23)21-13-15-6-5-11-20-12-15/h5-12H,4,13H2,1-3H3,(H,21,23)(H,22,24). The number of hydrogen-bond donors (Lipinski definition) is 2. The van der Waals surface area contributed by atoms with E-state index in [4.69, 9.17) is 0 Å². The molecule has 0 spiro atoms. The van der Waals surface area contributed by atoms with E-state index in [0.717, 1.165) is 12.0 Å². The van der Waals surface area contributed by atoms with Gasteiger partial charge in [-0.2, -0.15) is 0 Å². The molecule has 0 bridgehead atoms. The Balaban J connectivity index is 1.96. The molecule has 2 aromatic rings. The SMILES string of the molecule is CCc1ccc(NC(=O)C(C)(C)C(=O)NCc2cccnc2)cc1. The highest BCUT2D eigenvalue weighted by molar-refractivity contribution is 6.09. The van der Waals surface area contributed by atoms with Crippen LogP contribution in [0, 0.1) is 5.41 Å². The highest BCUT2D eigenvalue weighted by Gasteiger charge is 2.35. The molecule has 0 unspecified atom stereocenters. The number of rotatable bonds is 6. The fourth-order valence-corrected chi connectivity index (χ4v) is 2.12. The second-order valence-corrected chi connectivity index (χ2v) is 6.17.